The molecule has 2 amide bonds. The molecular formula is C13H21N3O2. The average molecular weight is 251 g/mol. The Bertz CT molecular complexity index is 434. The van der Waals surface area contributed by atoms with Crippen LogP contribution in [0.1, 0.15) is 51.1 Å². The van der Waals surface area contributed by atoms with Crippen molar-refractivity contribution >= 4 is 6.03 Å². The largest absolute Gasteiger partial charge is 0.359 e. The predicted octanol–water partition coefficient (Wildman–Crippen LogP) is 2.63. The molecule has 1 aromatic rings. The molecule has 1 saturated heterocycles. The third-order valence-corrected chi connectivity index (χ3v) is 2.97. The molecule has 1 aliphatic heterocycles. The molecule has 0 unspecified atom stereocenters. The molecule has 0 spiro atoms. The van der Waals surface area contributed by atoms with Crippen LogP contribution in [0.15, 0.2) is 10.6 Å². The molecule has 0 aromatic carbocycles. The molecule has 0 bridgehead atoms. The first-order chi connectivity index (χ1) is 8.37. The molecule has 1 aromatic heterocycles. The topological polar surface area (TPSA) is 58.4 Å². The van der Waals surface area contributed by atoms with Crippen LogP contribution in [0.2, 0.25) is 0 Å². The number of carbonyl (C=O) groups excluding carboxylic acids is 1. The molecule has 1 atom stereocenters. The SMILES string of the molecule is Cc1cc([C@H]2CCCN2C(=O)NC(C)(C)C)on1. The van der Waals surface area contributed by atoms with Gasteiger partial charge in [0.05, 0.1) is 11.7 Å². The van der Waals surface area contributed by atoms with Gasteiger partial charge in [0.15, 0.2) is 5.76 Å². The van der Waals surface area contributed by atoms with Crippen LogP contribution in [-0.4, -0.2) is 28.2 Å². The van der Waals surface area contributed by atoms with E-state index in [4.69, 9.17) is 4.52 Å². The maximum absolute atomic E-state index is 12.2. The summed E-state index contributed by atoms with van der Waals surface area (Å²) in [6.07, 6.45) is 1.94. The first-order valence-corrected chi connectivity index (χ1v) is 6.39. The van der Waals surface area contributed by atoms with E-state index in [1.54, 1.807) is 0 Å². The number of likely N-dealkylation sites (tertiary alicyclic amines) is 1. The third-order valence-electron chi connectivity index (χ3n) is 2.97. The number of hydrogen-bond acceptors (Lipinski definition) is 3. The smallest absolute Gasteiger partial charge is 0.318 e. The highest BCUT2D eigenvalue weighted by Crippen LogP contribution is 2.32. The molecule has 0 aliphatic carbocycles. The first kappa shape index (κ1) is 12.9. The summed E-state index contributed by atoms with van der Waals surface area (Å²) in [5.41, 5.74) is 0.634. The maximum Gasteiger partial charge on any atom is 0.318 e. The summed E-state index contributed by atoms with van der Waals surface area (Å²) in [7, 11) is 0. The fraction of sp³-hybridized carbons (Fsp3) is 0.692. The van der Waals surface area contributed by atoms with E-state index in [1.165, 1.54) is 0 Å². The summed E-state index contributed by atoms with van der Waals surface area (Å²) >= 11 is 0. The van der Waals surface area contributed by atoms with E-state index in [1.807, 2.05) is 38.7 Å². The summed E-state index contributed by atoms with van der Waals surface area (Å²) in [5.74, 6) is 0.786. The fourth-order valence-electron chi connectivity index (χ4n) is 2.24. The highest BCUT2D eigenvalue weighted by molar-refractivity contribution is 5.75. The Hall–Kier alpha value is -1.52. The van der Waals surface area contributed by atoms with Crippen molar-refractivity contribution in [1.82, 2.24) is 15.4 Å². The number of nitrogens with zero attached hydrogens (tertiary/aromatic N) is 2. The van der Waals surface area contributed by atoms with Crippen molar-refractivity contribution < 1.29 is 9.32 Å². The van der Waals surface area contributed by atoms with Gasteiger partial charge >= 0.3 is 6.03 Å². The lowest BCUT2D eigenvalue weighted by atomic mass is 10.1. The van der Waals surface area contributed by atoms with Crippen LogP contribution in [0.3, 0.4) is 0 Å². The Labute approximate surface area is 108 Å². The Morgan fingerprint density at radius 2 is 2.28 bits per heavy atom. The van der Waals surface area contributed by atoms with Crippen LogP contribution >= 0.6 is 0 Å². The molecular weight excluding hydrogens is 230 g/mol. The Balaban J connectivity index is 2.10. The van der Waals surface area contributed by atoms with Crippen LogP contribution < -0.4 is 5.32 Å². The van der Waals surface area contributed by atoms with E-state index in [9.17, 15) is 4.79 Å². The van der Waals surface area contributed by atoms with Gasteiger partial charge in [-0.15, -0.1) is 0 Å². The van der Waals surface area contributed by atoms with Crippen molar-refractivity contribution in [2.75, 3.05) is 6.54 Å². The number of aryl methyl sites for hydroxylation is 1. The van der Waals surface area contributed by atoms with Gasteiger partial charge in [0.2, 0.25) is 0 Å². The molecule has 100 valence electrons. The van der Waals surface area contributed by atoms with E-state index in [0.29, 0.717) is 0 Å². The summed E-state index contributed by atoms with van der Waals surface area (Å²) in [5, 5.41) is 6.89. The van der Waals surface area contributed by atoms with Crippen molar-refractivity contribution in [2.45, 2.75) is 52.1 Å². The van der Waals surface area contributed by atoms with Crippen LogP contribution in [0.5, 0.6) is 0 Å². The molecule has 5 nitrogen and oxygen atoms in total. The average Bonchev–Trinajstić information content (AvgIpc) is 2.81. The zero-order valence-electron chi connectivity index (χ0n) is 11.5. The number of hydrogen-bond donors (Lipinski definition) is 1. The van der Waals surface area contributed by atoms with Crippen molar-refractivity contribution in [3.63, 3.8) is 0 Å². The summed E-state index contributed by atoms with van der Waals surface area (Å²) in [6.45, 7) is 8.60. The Kier molecular flexibility index (Phi) is 3.32. The van der Waals surface area contributed by atoms with Gasteiger partial charge in [0, 0.05) is 18.2 Å². The van der Waals surface area contributed by atoms with Gasteiger partial charge in [0.25, 0.3) is 0 Å². The molecule has 2 rings (SSSR count). The van der Waals surface area contributed by atoms with Crippen LogP contribution in [0.25, 0.3) is 0 Å². The molecule has 18 heavy (non-hydrogen) atoms. The zero-order valence-corrected chi connectivity index (χ0v) is 11.5. The van der Waals surface area contributed by atoms with Gasteiger partial charge in [-0.25, -0.2) is 4.79 Å². The van der Waals surface area contributed by atoms with Crippen molar-refractivity contribution in [2.24, 2.45) is 0 Å². The minimum absolute atomic E-state index is 0.0218. The van der Waals surface area contributed by atoms with Gasteiger partial charge in [-0.2, -0.15) is 0 Å². The monoisotopic (exact) mass is 251 g/mol. The minimum Gasteiger partial charge on any atom is -0.359 e. The first-order valence-electron chi connectivity index (χ1n) is 6.39. The Morgan fingerprint density at radius 1 is 1.56 bits per heavy atom. The van der Waals surface area contributed by atoms with E-state index >= 15 is 0 Å². The van der Waals surface area contributed by atoms with Gasteiger partial charge in [-0.3, -0.25) is 0 Å². The van der Waals surface area contributed by atoms with Crippen LogP contribution in [0, 0.1) is 6.92 Å². The van der Waals surface area contributed by atoms with Crippen LogP contribution in [0.4, 0.5) is 4.79 Å². The van der Waals surface area contributed by atoms with Gasteiger partial charge in [0.1, 0.15) is 0 Å². The molecule has 1 N–H and O–H groups in total. The third kappa shape index (κ3) is 2.83. The van der Waals surface area contributed by atoms with E-state index < -0.39 is 0 Å². The van der Waals surface area contributed by atoms with E-state index in [-0.39, 0.29) is 17.6 Å². The molecule has 1 fully saturated rings. The summed E-state index contributed by atoms with van der Waals surface area (Å²) < 4.78 is 5.29. The molecule has 0 radical (unpaired) electrons. The quantitative estimate of drug-likeness (QED) is 0.834. The lowest BCUT2D eigenvalue weighted by molar-refractivity contribution is 0.174. The summed E-state index contributed by atoms with van der Waals surface area (Å²) in [4.78, 5) is 14.0. The molecule has 1 aliphatic rings. The molecule has 5 heteroatoms. The van der Waals surface area contributed by atoms with Crippen molar-refractivity contribution in [3.05, 3.63) is 17.5 Å². The second-order valence-corrected chi connectivity index (χ2v) is 5.90. The van der Waals surface area contributed by atoms with E-state index in [0.717, 1.165) is 30.8 Å². The normalized spacial score (nSPS) is 20.2. The number of rotatable bonds is 1. The highest BCUT2D eigenvalue weighted by atomic mass is 16.5. The number of amides is 2. The summed E-state index contributed by atoms with van der Waals surface area (Å²) in [6, 6.07) is 1.90. The number of urea groups is 1. The fourth-order valence-corrected chi connectivity index (χ4v) is 2.24. The van der Waals surface area contributed by atoms with Gasteiger partial charge in [-0.1, -0.05) is 5.16 Å². The molecule has 2 heterocycles. The van der Waals surface area contributed by atoms with Crippen LogP contribution in [-0.2, 0) is 0 Å². The standard InChI is InChI=1S/C13H21N3O2/c1-9-8-11(18-15-9)10-6-5-7-16(10)12(17)14-13(2,3)4/h8,10H,5-7H2,1-4H3,(H,14,17)/t10-/m1/s1. The van der Waals surface area contributed by atoms with Crippen molar-refractivity contribution in [3.8, 4) is 0 Å². The zero-order chi connectivity index (χ0) is 13.3. The van der Waals surface area contributed by atoms with Gasteiger partial charge < -0.3 is 14.7 Å². The van der Waals surface area contributed by atoms with E-state index in [2.05, 4.69) is 10.5 Å². The number of nitrogens with one attached hydrogen (secondary N) is 1. The second kappa shape index (κ2) is 4.63. The second-order valence-electron chi connectivity index (χ2n) is 5.90. The Morgan fingerprint density at radius 3 is 2.83 bits per heavy atom. The maximum atomic E-state index is 12.2. The number of aromatic nitrogens is 1. The molecule has 0 saturated carbocycles. The number of carbonyl (C=O) groups is 1. The highest BCUT2D eigenvalue weighted by Gasteiger charge is 2.33. The predicted molar refractivity (Wildman–Crippen MR) is 68.2 cm³/mol. The lowest BCUT2D eigenvalue weighted by Gasteiger charge is -2.28. The van der Waals surface area contributed by atoms with Gasteiger partial charge in [-0.05, 0) is 40.5 Å². The lowest BCUT2D eigenvalue weighted by Crippen LogP contribution is -2.48. The minimum atomic E-state index is -0.221. The van der Waals surface area contributed by atoms with Crippen molar-refractivity contribution in [1.29, 1.82) is 0 Å².